The minimum atomic E-state index is 0.453. The molecule has 1 saturated heterocycles. The van der Waals surface area contributed by atoms with Crippen molar-refractivity contribution < 1.29 is 0 Å². The van der Waals surface area contributed by atoms with Crippen LogP contribution in [0.1, 0.15) is 12.8 Å². The van der Waals surface area contributed by atoms with E-state index in [9.17, 15) is 0 Å². The van der Waals surface area contributed by atoms with Crippen LogP contribution in [0.3, 0.4) is 0 Å². The first kappa shape index (κ1) is 6.77. The monoisotopic (exact) mass is 145 g/mol. The van der Waals surface area contributed by atoms with E-state index in [0.717, 1.165) is 13.1 Å². The molecule has 9 heavy (non-hydrogen) atoms. The highest BCUT2D eigenvalue weighted by atomic mass is 32.1. The molecule has 0 radical (unpaired) electrons. The quantitative estimate of drug-likeness (QED) is 0.464. The van der Waals surface area contributed by atoms with Crippen molar-refractivity contribution in [3.05, 3.63) is 0 Å². The van der Waals surface area contributed by atoms with Crippen molar-refractivity contribution in [3.63, 3.8) is 0 Å². The van der Waals surface area contributed by atoms with Gasteiger partial charge in [-0.15, -0.1) is 0 Å². The molecule has 0 aliphatic carbocycles. The van der Waals surface area contributed by atoms with Crippen LogP contribution in [-0.2, 0) is 0 Å². The third-order valence-corrected chi connectivity index (χ3v) is 1.60. The highest BCUT2D eigenvalue weighted by Crippen LogP contribution is 1.97. The van der Waals surface area contributed by atoms with Gasteiger partial charge in [-0.3, -0.25) is 5.01 Å². The number of nitrogens with zero attached hydrogens (tertiary/aromatic N) is 1. The van der Waals surface area contributed by atoms with Crippen LogP contribution < -0.4 is 11.2 Å². The topological polar surface area (TPSA) is 41.3 Å². The fourth-order valence-corrected chi connectivity index (χ4v) is 1.03. The molecule has 0 aromatic carbocycles. The number of hydrogen-bond acceptors (Lipinski definition) is 2. The van der Waals surface area contributed by atoms with E-state index in [1.54, 1.807) is 0 Å². The van der Waals surface area contributed by atoms with Crippen LogP contribution in [-0.4, -0.2) is 23.2 Å². The van der Waals surface area contributed by atoms with Crippen LogP contribution in [0.5, 0.6) is 0 Å². The van der Waals surface area contributed by atoms with E-state index in [1.807, 2.05) is 5.01 Å². The Bertz CT molecular complexity index is 109. The molecule has 0 bridgehead atoms. The molecule has 0 saturated carbocycles. The van der Waals surface area contributed by atoms with E-state index >= 15 is 0 Å². The van der Waals surface area contributed by atoms with Crippen molar-refractivity contribution >= 4 is 17.3 Å². The maximum absolute atomic E-state index is 5.36. The van der Waals surface area contributed by atoms with Gasteiger partial charge in [0.25, 0.3) is 0 Å². The van der Waals surface area contributed by atoms with Gasteiger partial charge < -0.3 is 5.73 Å². The summed E-state index contributed by atoms with van der Waals surface area (Å²) in [5, 5.41) is 2.27. The largest absolute Gasteiger partial charge is 0.375 e. The summed E-state index contributed by atoms with van der Waals surface area (Å²) in [6, 6.07) is 0. The molecule has 52 valence electrons. The molecule has 1 rings (SSSR count). The van der Waals surface area contributed by atoms with Crippen LogP contribution in [0.4, 0.5) is 0 Å². The van der Waals surface area contributed by atoms with E-state index in [-0.39, 0.29) is 0 Å². The fourth-order valence-electron chi connectivity index (χ4n) is 0.876. The first-order chi connectivity index (χ1) is 4.30. The second-order valence-electron chi connectivity index (χ2n) is 2.11. The van der Waals surface area contributed by atoms with Crippen LogP contribution in [0.25, 0.3) is 0 Å². The van der Waals surface area contributed by atoms with Crippen molar-refractivity contribution in [2.24, 2.45) is 5.73 Å². The Morgan fingerprint density at radius 2 is 2.33 bits per heavy atom. The summed E-state index contributed by atoms with van der Waals surface area (Å²) in [7, 11) is 0. The number of rotatable bonds is 0. The van der Waals surface area contributed by atoms with Crippen LogP contribution >= 0.6 is 12.2 Å². The molecule has 1 fully saturated rings. The highest BCUT2D eigenvalue weighted by molar-refractivity contribution is 7.80. The molecule has 0 amide bonds. The van der Waals surface area contributed by atoms with E-state index < -0.39 is 0 Å². The van der Waals surface area contributed by atoms with Gasteiger partial charge in [0.15, 0.2) is 5.11 Å². The van der Waals surface area contributed by atoms with Crippen molar-refractivity contribution in [1.82, 2.24) is 10.4 Å². The number of thiocarbonyl (C=S) groups is 1. The summed E-state index contributed by atoms with van der Waals surface area (Å²) < 4.78 is 0. The third-order valence-electron chi connectivity index (χ3n) is 1.38. The van der Waals surface area contributed by atoms with E-state index in [2.05, 4.69) is 5.43 Å². The molecule has 1 aliphatic heterocycles. The molecular formula is C5H11N3S. The van der Waals surface area contributed by atoms with Crippen molar-refractivity contribution in [2.75, 3.05) is 13.1 Å². The maximum Gasteiger partial charge on any atom is 0.180 e. The summed E-state index contributed by atoms with van der Waals surface area (Å²) >= 11 is 4.76. The second kappa shape index (κ2) is 2.98. The third kappa shape index (κ3) is 1.80. The average Bonchev–Trinajstić information content (AvgIpc) is 1.90. The molecular weight excluding hydrogens is 134 g/mol. The van der Waals surface area contributed by atoms with Crippen LogP contribution in [0, 0.1) is 0 Å². The Balaban J connectivity index is 2.31. The summed E-state index contributed by atoms with van der Waals surface area (Å²) in [5.74, 6) is 0. The first-order valence-corrected chi connectivity index (χ1v) is 3.52. The van der Waals surface area contributed by atoms with Crippen molar-refractivity contribution in [2.45, 2.75) is 12.8 Å². The molecule has 0 aromatic rings. The van der Waals surface area contributed by atoms with Gasteiger partial charge in [0, 0.05) is 13.1 Å². The lowest BCUT2D eigenvalue weighted by Gasteiger charge is -2.27. The molecule has 0 unspecified atom stereocenters. The normalized spacial score (nSPS) is 19.8. The standard InChI is InChI=1S/C5H11N3S/c6-5(9)8-4-2-1-3-7-8/h7H,1-4H2,(H2,6,9). The Kier molecular flexibility index (Phi) is 2.24. The Hall–Kier alpha value is -0.350. The number of hydrogen-bond donors (Lipinski definition) is 2. The van der Waals surface area contributed by atoms with Gasteiger partial charge in [-0.05, 0) is 25.1 Å². The molecule has 0 aromatic heterocycles. The number of hydrazine groups is 1. The van der Waals surface area contributed by atoms with E-state index in [0.29, 0.717) is 5.11 Å². The zero-order chi connectivity index (χ0) is 6.69. The lowest BCUT2D eigenvalue weighted by Crippen LogP contribution is -2.49. The van der Waals surface area contributed by atoms with Gasteiger partial charge in [-0.1, -0.05) is 0 Å². The summed E-state index contributed by atoms with van der Waals surface area (Å²) in [6.07, 6.45) is 2.41. The zero-order valence-electron chi connectivity index (χ0n) is 5.26. The van der Waals surface area contributed by atoms with Gasteiger partial charge in [0.05, 0.1) is 0 Å². The number of nitrogens with two attached hydrogens (primary N) is 1. The Morgan fingerprint density at radius 3 is 2.67 bits per heavy atom. The van der Waals surface area contributed by atoms with Gasteiger partial charge in [0.1, 0.15) is 0 Å². The summed E-state index contributed by atoms with van der Waals surface area (Å²) in [4.78, 5) is 0. The average molecular weight is 145 g/mol. The minimum absolute atomic E-state index is 0.453. The molecule has 0 atom stereocenters. The van der Waals surface area contributed by atoms with Gasteiger partial charge in [0.2, 0.25) is 0 Å². The van der Waals surface area contributed by atoms with Crippen molar-refractivity contribution in [3.8, 4) is 0 Å². The molecule has 3 nitrogen and oxygen atoms in total. The van der Waals surface area contributed by atoms with E-state index in [4.69, 9.17) is 18.0 Å². The Morgan fingerprint density at radius 1 is 1.56 bits per heavy atom. The lowest BCUT2D eigenvalue weighted by atomic mass is 10.3. The first-order valence-electron chi connectivity index (χ1n) is 3.11. The lowest BCUT2D eigenvalue weighted by molar-refractivity contribution is 0.259. The molecule has 1 heterocycles. The van der Waals surface area contributed by atoms with Gasteiger partial charge in [-0.25, -0.2) is 5.43 Å². The molecule has 0 spiro atoms. The Labute approximate surface area is 60.2 Å². The predicted octanol–water partition coefficient (Wildman–Crippen LogP) is -0.170. The van der Waals surface area contributed by atoms with Gasteiger partial charge in [-0.2, -0.15) is 0 Å². The van der Waals surface area contributed by atoms with Crippen molar-refractivity contribution in [1.29, 1.82) is 0 Å². The molecule has 1 aliphatic rings. The predicted molar refractivity (Wildman–Crippen MR) is 40.7 cm³/mol. The minimum Gasteiger partial charge on any atom is -0.375 e. The van der Waals surface area contributed by atoms with Crippen LogP contribution in [0.15, 0.2) is 0 Å². The maximum atomic E-state index is 5.36. The second-order valence-corrected chi connectivity index (χ2v) is 2.52. The van der Waals surface area contributed by atoms with Crippen LogP contribution in [0.2, 0.25) is 0 Å². The van der Waals surface area contributed by atoms with E-state index in [1.165, 1.54) is 12.8 Å². The van der Waals surface area contributed by atoms with Gasteiger partial charge >= 0.3 is 0 Å². The summed E-state index contributed by atoms with van der Waals surface area (Å²) in [5.41, 5.74) is 8.45. The summed E-state index contributed by atoms with van der Waals surface area (Å²) in [6.45, 7) is 1.95. The SMILES string of the molecule is NC(=S)N1CCCCN1. The molecule has 3 N–H and O–H groups in total. The fraction of sp³-hybridized carbons (Fsp3) is 0.800. The smallest absolute Gasteiger partial charge is 0.180 e. The zero-order valence-corrected chi connectivity index (χ0v) is 6.08. The number of nitrogens with one attached hydrogen (secondary N) is 1. The molecule has 4 heteroatoms. The highest BCUT2D eigenvalue weighted by Gasteiger charge is 2.08.